The molecule has 2 bridgehead atoms. The van der Waals surface area contributed by atoms with E-state index in [0.717, 1.165) is 0 Å². The zero-order chi connectivity index (χ0) is 20.8. The number of rotatable bonds is 6. The number of esters is 2. The lowest BCUT2D eigenvalue weighted by Crippen LogP contribution is -2.45. The highest BCUT2D eigenvalue weighted by Gasteiger charge is 2.61. The number of ketones is 2. The summed E-state index contributed by atoms with van der Waals surface area (Å²) in [5, 5.41) is 0. The number of carbonyl (C=O) groups excluding carboxylic acids is 4. The average Bonchev–Trinajstić information content (AvgIpc) is 2.97. The minimum atomic E-state index is -0.980. The van der Waals surface area contributed by atoms with Gasteiger partial charge in [0.25, 0.3) is 0 Å². The molecular weight excluding hydrogens is 368 g/mol. The molecule has 0 aliphatic carbocycles. The van der Waals surface area contributed by atoms with Gasteiger partial charge in [0, 0.05) is 31.8 Å². The Morgan fingerprint density at radius 2 is 2.00 bits per heavy atom. The van der Waals surface area contributed by atoms with Crippen molar-refractivity contribution in [3.05, 3.63) is 12.2 Å². The first-order valence-corrected chi connectivity index (χ1v) is 9.48. The molecule has 3 rings (SSSR count). The molecule has 0 saturated carbocycles. The lowest BCUT2D eigenvalue weighted by atomic mass is 9.82. The quantitative estimate of drug-likeness (QED) is 0.379. The fourth-order valence-electron chi connectivity index (χ4n) is 4.03. The molecule has 0 unspecified atom stereocenters. The first-order chi connectivity index (χ1) is 13.0. The van der Waals surface area contributed by atoms with Crippen LogP contribution in [0.2, 0.25) is 0 Å². The third kappa shape index (κ3) is 3.75. The Kier molecular flexibility index (Phi) is 5.46. The van der Waals surface area contributed by atoms with Gasteiger partial charge in [-0.25, -0.2) is 4.79 Å². The molecular formula is C20H26O8. The summed E-state index contributed by atoms with van der Waals surface area (Å²) in [6, 6.07) is 0. The predicted octanol–water partition coefficient (Wildman–Crippen LogP) is 1.49. The van der Waals surface area contributed by atoms with E-state index in [1.54, 1.807) is 6.92 Å². The van der Waals surface area contributed by atoms with E-state index in [0.29, 0.717) is 0 Å². The van der Waals surface area contributed by atoms with E-state index in [2.05, 4.69) is 6.58 Å². The zero-order valence-corrected chi connectivity index (χ0v) is 16.6. The normalized spacial score (nSPS) is 36.7. The fourth-order valence-corrected chi connectivity index (χ4v) is 4.03. The molecule has 3 aliphatic rings. The van der Waals surface area contributed by atoms with Crippen molar-refractivity contribution in [2.45, 2.75) is 77.2 Å². The summed E-state index contributed by atoms with van der Waals surface area (Å²) in [6.45, 7) is 10.5. The molecule has 0 aromatic rings. The number of fused-ring (bicyclic) bond motifs is 3. The van der Waals surface area contributed by atoms with Crippen molar-refractivity contribution in [2.75, 3.05) is 0 Å². The summed E-state index contributed by atoms with van der Waals surface area (Å²) in [5.74, 6) is -2.61. The summed E-state index contributed by atoms with van der Waals surface area (Å²) in [4.78, 5) is 47.8. The number of carbonyl (C=O) groups is 4. The number of ether oxygens (including phenoxy) is 4. The maximum absolute atomic E-state index is 12.3. The monoisotopic (exact) mass is 394 g/mol. The Balaban J connectivity index is 1.89. The molecule has 0 spiro atoms. The van der Waals surface area contributed by atoms with E-state index in [1.807, 2.05) is 13.8 Å². The standard InChI is InChI=1S/C20H26O8/c1-9(2)6-15(23)27-17-16-10(3)18(24)25-13(16)8-20(5)14(26-19(17)28-20)7-12(22)11(4)21/h9,13-14,16-17,19H,3,6-8H2,1-2,4-5H3/t13-,14+,16+,17+,19+,20-/m1/s1. The highest BCUT2D eigenvalue weighted by atomic mass is 16.8. The minimum Gasteiger partial charge on any atom is -0.458 e. The first kappa shape index (κ1) is 20.7. The van der Waals surface area contributed by atoms with E-state index < -0.39 is 59.6 Å². The SMILES string of the molecule is C=C1C(=O)O[C@@H]2C[C@@]3(C)O[C@H](O[C@H]3CC(=O)C(C)=O)[C@@H](OC(=O)CC(C)C)[C@@H]12. The van der Waals surface area contributed by atoms with E-state index >= 15 is 0 Å². The molecule has 0 aromatic carbocycles. The second-order valence-electron chi connectivity index (χ2n) is 8.36. The summed E-state index contributed by atoms with van der Waals surface area (Å²) in [5.41, 5.74) is -0.755. The Morgan fingerprint density at radius 1 is 1.32 bits per heavy atom. The Morgan fingerprint density at radius 3 is 2.61 bits per heavy atom. The molecule has 0 amide bonds. The molecule has 3 aliphatic heterocycles. The van der Waals surface area contributed by atoms with Crippen LogP contribution in [0.5, 0.6) is 0 Å². The second kappa shape index (κ2) is 7.40. The molecule has 8 heteroatoms. The topological polar surface area (TPSA) is 105 Å². The van der Waals surface area contributed by atoms with Crippen LogP contribution in [-0.4, -0.2) is 53.7 Å². The van der Waals surface area contributed by atoms with Crippen molar-refractivity contribution >= 4 is 23.5 Å². The summed E-state index contributed by atoms with van der Waals surface area (Å²) in [7, 11) is 0. The zero-order valence-electron chi connectivity index (χ0n) is 16.6. The minimum absolute atomic E-state index is 0.0929. The predicted molar refractivity (Wildman–Crippen MR) is 94.9 cm³/mol. The van der Waals surface area contributed by atoms with Crippen LogP contribution in [0.4, 0.5) is 0 Å². The van der Waals surface area contributed by atoms with Gasteiger partial charge >= 0.3 is 11.9 Å². The van der Waals surface area contributed by atoms with Crippen LogP contribution in [0.25, 0.3) is 0 Å². The fraction of sp³-hybridized carbons (Fsp3) is 0.700. The van der Waals surface area contributed by atoms with E-state index in [4.69, 9.17) is 18.9 Å². The smallest absolute Gasteiger partial charge is 0.334 e. The van der Waals surface area contributed by atoms with Crippen molar-refractivity contribution in [3.8, 4) is 0 Å². The number of hydrogen-bond donors (Lipinski definition) is 0. The molecule has 3 saturated heterocycles. The molecule has 0 aromatic heterocycles. The van der Waals surface area contributed by atoms with Gasteiger partial charge in [0.05, 0.1) is 17.6 Å². The van der Waals surface area contributed by atoms with Crippen molar-refractivity contribution in [2.24, 2.45) is 11.8 Å². The Bertz CT molecular complexity index is 726. The number of hydrogen-bond acceptors (Lipinski definition) is 8. The van der Waals surface area contributed by atoms with Crippen LogP contribution in [0, 0.1) is 11.8 Å². The summed E-state index contributed by atoms with van der Waals surface area (Å²) >= 11 is 0. The Labute approximate surface area is 163 Å². The average molecular weight is 394 g/mol. The molecule has 8 nitrogen and oxygen atoms in total. The van der Waals surface area contributed by atoms with E-state index in [1.165, 1.54) is 6.92 Å². The third-order valence-corrected chi connectivity index (χ3v) is 5.52. The maximum atomic E-state index is 12.3. The van der Waals surface area contributed by atoms with Crippen molar-refractivity contribution < 1.29 is 38.1 Å². The van der Waals surface area contributed by atoms with Crippen molar-refractivity contribution in [1.29, 1.82) is 0 Å². The van der Waals surface area contributed by atoms with Crippen LogP contribution in [0.3, 0.4) is 0 Å². The van der Waals surface area contributed by atoms with Gasteiger partial charge in [0.1, 0.15) is 6.10 Å². The molecule has 3 fully saturated rings. The highest BCUT2D eigenvalue weighted by Crippen LogP contribution is 2.48. The van der Waals surface area contributed by atoms with Gasteiger partial charge in [-0.2, -0.15) is 0 Å². The lowest BCUT2D eigenvalue weighted by molar-refractivity contribution is -0.188. The molecule has 0 N–H and O–H groups in total. The van der Waals surface area contributed by atoms with Crippen LogP contribution >= 0.6 is 0 Å². The van der Waals surface area contributed by atoms with Crippen LogP contribution in [0.15, 0.2) is 12.2 Å². The van der Waals surface area contributed by atoms with Gasteiger partial charge in [-0.3, -0.25) is 14.4 Å². The van der Waals surface area contributed by atoms with Gasteiger partial charge in [0.15, 0.2) is 18.2 Å². The molecule has 28 heavy (non-hydrogen) atoms. The second-order valence-corrected chi connectivity index (χ2v) is 8.36. The van der Waals surface area contributed by atoms with Crippen LogP contribution in [-0.2, 0) is 38.1 Å². The summed E-state index contributed by atoms with van der Waals surface area (Å²) < 4.78 is 23.1. The molecule has 154 valence electrons. The Hall–Kier alpha value is -2.06. The first-order valence-electron chi connectivity index (χ1n) is 9.48. The van der Waals surface area contributed by atoms with Gasteiger partial charge in [-0.15, -0.1) is 0 Å². The van der Waals surface area contributed by atoms with Crippen LogP contribution < -0.4 is 0 Å². The molecule has 0 radical (unpaired) electrons. The highest BCUT2D eigenvalue weighted by molar-refractivity contribution is 6.36. The van der Waals surface area contributed by atoms with Gasteiger partial charge in [-0.1, -0.05) is 20.4 Å². The molecule has 3 heterocycles. The van der Waals surface area contributed by atoms with E-state index in [9.17, 15) is 19.2 Å². The van der Waals surface area contributed by atoms with Crippen molar-refractivity contribution in [3.63, 3.8) is 0 Å². The summed E-state index contributed by atoms with van der Waals surface area (Å²) in [6.07, 6.45) is -2.93. The van der Waals surface area contributed by atoms with E-state index in [-0.39, 0.29) is 30.8 Å². The molecule has 6 atom stereocenters. The van der Waals surface area contributed by atoms with Gasteiger partial charge < -0.3 is 18.9 Å². The van der Waals surface area contributed by atoms with Gasteiger partial charge in [0.2, 0.25) is 5.78 Å². The van der Waals surface area contributed by atoms with Gasteiger partial charge in [-0.05, 0) is 12.8 Å². The lowest BCUT2D eigenvalue weighted by Gasteiger charge is -2.32. The third-order valence-electron chi connectivity index (χ3n) is 5.52. The van der Waals surface area contributed by atoms with Crippen LogP contribution in [0.1, 0.15) is 47.0 Å². The number of Topliss-reactive ketones (excluding diaryl/α,β-unsaturated/α-hetero) is 2. The van der Waals surface area contributed by atoms with Crippen molar-refractivity contribution in [1.82, 2.24) is 0 Å². The maximum Gasteiger partial charge on any atom is 0.334 e. The largest absolute Gasteiger partial charge is 0.458 e.